The SMILES string of the molecule is N#Cc1ccc(Oc2ccc(C(=O)O)c(CBr)c2)cc1. The van der Waals surface area contributed by atoms with Gasteiger partial charge in [0.2, 0.25) is 0 Å². The summed E-state index contributed by atoms with van der Waals surface area (Å²) in [7, 11) is 0. The largest absolute Gasteiger partial charge is 0.478 e. The summed E-state index contributed by atoms with van der Waals surface area (Å²) in [5.74, 6) is 0.172. The summed E-state index contributed by atoms with van der Waals surface area (Å²) in [6.07, 6.45) is 0. The monoisotopic (exact) mass is 331 g/mol. The van der Waals surface area contributed by atoms with Gasteiger partial charge in [-0.2, -0.15) is 5.26 Å². The van der Waals surface area contributed by atoms with Crippen LogP contribution in [0.5, 0.6) is 11.5 Å². The van der Waals surface area contributed by atoms with Crippen molar-refractivity contribution in [2.24, 2.45) is 0 Å². The fourth-order valence-electron chi connectivity index (χ4n) is 1.69. The van der Waals surface area contributed by atoms with Crippen molar-refractivity contribution in [3.05, 3.63) is 59.2 Å². The Bertz CT molecular complexity index is 675. The Labute approximate surface area is 124 Å². The van der Waals surface area contributed by atoms with E-state index in [1.165, 1.54) is 6.07 Å². The first-order valence-corrected chi connectivity index (χ1v) is 6.86. The van der Waals surface area contributed by atoms with Crippen LogP contribution >= 0.6 is 15.9 Å². The first-order valence-electron chi connectivity index (χ1n) is 5.74. The molecule has 5 heteroatoms. The zero-order chi connectivity index (χ0) is 14.5. The molecule has 20 heavy (non-hydrogen) atoms. The number of carboxylic acids is 1. The van der Waals surface area contributed by atoms with Crippen LogP contribution in [-0.2, 0) is 5.33 Å². The number of nitriles is 1. The second kappa shape index (κ2) is 6.22. The Balaban J connectivity index is 2.25. The zero-order valence-electron chi connectivity index (χ0n) is 10.3. The van der Waals surface area contributed by atoms with Gasteiger partial charge >= 0.3 is 5.97 Å². The van der Waals surface area contributed by atoms with Gasteiger partial charge in [0.25, 0.3) is 0 Å². The Morgan fingerprint density at radius 1 is 1.20 bits per heavy atom. The number of halogens is 1. The van der Waals surface area contributed by atoms with Crippen molar-refractivity contribution in [2.75, 3.05) is 0 Å². The highest BCUT2D eigenvalue weighted by Gasteiger charge is 2.10. The first-order chi connectivity index (χ1) is 9.63. The molecule has 0 spiro atoms. The standard InChI is InChI=1S/C15H10BrNO3/c16-8-11-7-13(5-6-14(11)15(18)19)20-12-3-1-10(9-17)2-4-12/h1-7H,8H2,(H,18,19). The average molecular weight is 332 g/mol. The minimum absolute atomic E-state index is 0.244. The maximum atomic E-state index is 11.0. The van der Waals surface area contributed by atoms with Crippen LogP contribution in [0, 0.1) is 11.3 Å². The van der Waals surface area contributed by atoms with Gasteiger partial charge in [0, 0.05) is 5.33 Å². The Hall–Kier alpha value is -2.32. The third-order valence-corrected chi connectivity index (χ3v) is 3.27. The molecule has 4 nitrogen and oxygen atoms in total. The van der Waals surface area contributed by atoms with Crippen LogP contribution in [0.15, 0.2) is 42.5 Å². The molecule has 0 aromatic heterocycles. The summed E-state index contributed by atoms with van der Waals surface area (Å²) in [6, 6.07) is 13.5. The van der Waals surface area contributed by atoms with Crippen molar-refractivity contribution in [2.45, 2.75) is 5.33 Å². The van der Waals surface area contributed by atoms with E-state index < -0.39 is 5.97 Å². The van der Waals surface area contributed by atoms with Crippen molar-refractivity contribution in [3.8, 4) is 17.6 Å². The predicted octanol–water partition coefficient (Wildman–Crippen LogP) is 3.94. The number of hydrogen-bond acceptors (Lipinski definition) is 3. The van der Waals surface area contributed by atoms with E-state index in [-0.39, 0.29) is 5.56 Å². The van der Waals surface area contributed by atoms with Crippen LogP contribution < -0.4 is 4.74 Å². The molecule has 0 aliphatic heterocycles. The Morgan fingerprint density at radius 2 is 1.85 bits per heavy atom. The molecule has 1 N–H and O–H groups in total. The lowest BCUT2D eigenvalue weighted by molar-refractivity contribution is 0.0696. The van der Waals surface area contributed by atoms with E-state index in [4.69, 9.17) is 15.1 Å². The van der Waals surface area contributed by atoms with E-state index in [1.807, 2.05) is 6.07 Å². The van der Waals surface area contributed by atoms with Gasteiger partial charge in [0.1, 0.15) is 11.5 Å². The number of carbonyl (C=O) groups is 1. The van der Waals surface area contributed by atoms with Crippen molar-refractivity contribution in [1.29, 1.82) is 5.26 Å². The van der Waals surface area contributed by atoms with Crippen molar-refractivity contribution in [1.82, 2.24) is 0 Å². The molecule has 2 aromatic rings. The van der Waals surface area contributed by atoms with E-state index in [9.17, 15) is 4.79 Å². The highest BCUT2D eigenvalue weighted by Crippen LogP contribution is 2.25. The maximum Gasteiger partial charge on any atom is 0.335 e. The zero-order valence-corrected chi connectivity index (χ0v) is 11.9. The number of hydrogen-bond donors (Lipinski definition) is 1. The van der Waals surface area contributed by atoms with Gasteiger partial charge in [-0.3, -0.25) is 0 Å². The molecule has 0 heterocycles. The number of carboxylic acid groups (broad SMARTS) is 1. The fraction of sp³-hybridized carbons (Fsp3) is 0.0667. The summed E-state index contributed by atoms with van der Waals surface area (Å²) < 4.78 is 5.63. The molecule has 0 bridgehead atoms. The van der Waals surface area contributed by atoms with Gasteiger partial charge in [-0.05, 0) is 48.0 Å². The van der Waals surface area contributed by atoms with Crippen LogP contribution in [0.2, 0.25) is 0 Å². The minimum Gasteiger partial charge on any atom is -0.478 e. The molecule has 2 rings (SSSR count). The number of aromatic carboxylic acids is 1. The Kier molecular flexibility index (Phi) is 4.38. The second-order valence-corrected chi connectivity index (χ2v) is 4.56. The third-order valence-electron chi connectivity index (χ3n) is 2.67. The van der Waals surface area contributed by atoms with E-state index in [1.54, 1.807) is 36.4 Å². The van der Waals surface area contributed by atoms with Crippen molar-refractivity contribution >= 4 is 21.9 Å². The quantitative estimate of drug-likeness (QED) is 0.861. The molecule has 0 fully saturated rings. The molecule has 0 unspecified atom stereocenters. The van der Waals surface area contributed by atoms with E-state index in [2.05, 4.69) is 15.9 Å². The number of benzene rings is 2. The van der Waals surface area contributed by atoms with Crippen LogP contribution in [0.4, 0.5) is 0 Å². The summed E-state index contributed by atoms with van der Waals surface area (Å²) in [4.78, 5) is 11.0. The molecule has 0 saturated carbocycles. The topological polar surface area (TPSA) is 70.3 Å². The molecule has 0 aliphatic carbocycles. The van der Waals surface area contributed by atoms with Gasteiger partial charge in [0.05, 0.1) is 17.2 Å². The normalized spacial score (nSPS) is 9.80. The summed E-state index contributed by atoms with van der Waals surface area (Å²) in [6.45, 7) is 0. The summed E-state index contributed by atoms with van der Waals surface area (Å²) in [5, 5.41) is 18.2. The molecular formula is C15H10BrNO3. The molecule has 2 aromatic carbocycles. The van der Waals surface area contributed by atoms with Gasteiger partial charge in [-0.25, -0.2) is 4.79 Å². The van der Waals surface area contributed by atoms with Crippen LogP contribution in [0.1, 0.15) is 21.5 Å². The smallest absolute Gasteiger partial charge is 0.335 e. The van der Waals surface area contributed by atoms with Gasteiger partial charge in [-0.1, -0.05) is 15.9 Å². The second-order valence-electron chi connectivity index (χ2n) is 4.00. The predicted molar refractivity (Wildman–Crippen MR) is 77.3 cm³/mol. The highest BCUT2D eigenvalue weighted by molar-refractivity contribution is 9.08. The average Bonchev–Trinajstić information content (AvgIpc) is 2.47. The van der Waals surface area contributed by atoms with Crippen molar-refractivity contribution < 1.29 is 14.6 Å². The molecule has 0 aliphatic rings. The van der Waals surface area contributed by atoms with Crippen LogP contribution in [-0.4, -0.2) is 11.1 Å². The van der Waals surface area contributed by atoms with E-state index in [0.717, 1.165) is 0 Å². The first kappa shape index (κ1) is 14.1. The molecule has 100 valence electrons. The molecule has 0 amide bonds. The van der Waals surface area contributed by atoms with Gasteiger partial charge in [-0.15, -0.1) is 0 Å². The number of ether oxygens (including phenoxy) is 1. The minimum atomic E-state index is -0.968. The fourth-order valence-corrected chi connectivity index (χ4v) is 2.15. The van der Waals surface area contributed by atoms with Gasteiger partial charge < -0.3 is 9.84 Å². The molecule has 0 atom stereocenters. The number of rotatable bonds is 4. The van der Waals surface area contributed by atoms with E-state index >= 15 is 0 Å². The third kappa shape index (κ3) is 3.16. The lowest BCUT2D eigenvalue weighted by Gasteiger charge is -2.09. The number of nitrogens with zero attached hydrogens (tertiary/aromatic N) is 1. The molecule has 0 radical (unpaired) electrons. The maximum absolute atomic E-state index is 11.0. The number of alkyl halides is 1. The molecular weight excluding hydrogens is 322 g/mol. The van der Waals surface area contributed by atoms with Crippen LogP contribution in [0.3, 0.4) is 0 Å². The summed E-state index contributed by atoms with van der Waals surface area (Å²) >= 11 is 3.26. The lowest BCUT2D eigenvalue weighted by atomic mass is 10.1. The molecule has 0 saturated heterocycles. The van der Waals surface area contributed by atoms with Crippen molar-refractivity contribution in [3.63, 3.8) is 0 Å². The Morgan fingerprint density at radius 3 is 2.40 bits per heavy atom. The van der Waals surface area contributed by atoms with Crippen LogP contribution in [0.25, 0.3) is 0 Å². The van der Waals surface area contributed by atoms with Gasteiger partial charge in [0.15, 0.2) is 0 Å². The lowest BCUT2D eigenvalue weighted by Crippen LogP contribution is -2.01. The van der Waals surface area contributed by atoms with E-state index in [0.29, 0.717) is 28.0 Å². The highest BCUT2D eigenvalue weighted by atomic mass is 79.9. The summed E-state index contributed by atoms with van der Waals surface area (Å²) in [5.41, 5.74) is 1.44.